The molecule has 0 fully saturated rings. The van der Waals surface area contributed by atoms with E-state index in [-0.39, 0.29) is 33.9 Å². The second kappa shape index (κ2) is 8.83. The number of pyridine rings is 1. The molecule has 3 rings (SSSR count). The molecule has 162 valence electrons. The lowest BCUT2D eigenvalue weighted by atomic mass is 10.3. The van der Waals surface area contributed by atoms with E-state index in [1.807, 2.05) is 0 Å². The number of halogens is 4. The Hall–Kier alpha value is -1.67. The van der Waals surface area contributed by atoms with Gasteiger partial charge in [-0.25, -0.2) is 13.1 Å². The molecule has 3 aromatic heterocycles. The van der Waals surface area contributed by atoms with Crippen LogP contribution < -0.4 is 4.72 Å². The molecule has 3 aromatic rings. The first kappa shape index (κ1) is 23.0. The first-order chi connectivity index (χ1) is 13.9. The van der Waals surface area contributed by atoms with E-state index in [0.29, 0.717) is 11.3 Å². The smallest absolute Gasteiger partial charge is 0.292 e. The number of hydrogen-bond acceptors (Lipinski definition) is 7. The van der Waals surface area contributed by atoms with Gasteiger partial charge in [-0.1, -0.05) is 23.4 Å². The van der Waals surface area contributed by atoms with Crippen molar-refractivity contribution >= 4 is 56.2 Å². The summed E-state index contributed by atoms with van der Waals surface area (Å²) in [6, 6.07) is 4.13. The van der Waals surface area contributed by atoms with Crippen molar-refractivity contribution in [2.45, 2.75) is 17.8 Å². The summed E-state index contributed by atoms with van der Waals surface area (Å²) in [6.45, 7) is 0.218. The van der Waals surface area contributed by atoms with Gasteiger partial charge in [-0.3, -0.25) is 9.20 Å². The summed E-state index contributed by atoms with van der Waals surface area (Å²) in [5.41, 5.74) is -0.880. The molecule has 0 aliphatic rings. The fraction of sp³-hybridized carbons (Fsp3) is 0.312. The number of carbonyl (C=O) groups is 1. The molecular formula is C16H14ClF3N4O3S3. The Balaban J connectivity index is 1.68. The minimum atomic E-state index is -4.58. The summed E-state index contributed by atoms with van der Waals surface area (Å²) in [6.07, 6.45) is -2.25. The van der Waals surface area contributed by atoms with Gasteiger partial charge in [0.1, 0.15) is 0 Å². The van der Waals surface area contributed by atoms with E-state index in [9.17, 15) is 26.4 Å². The Kier molecular flexibility index (Phi) is 6.77. The van der Waals surface area contributed by atoms with Gasteiger partial charge in [-0.2, -0.15) is 13.2 Å². The van der Waals surface area contributed by atoms with Crippen LogP contribution in [0.3, 0.4) is 0 Å². The Labute approximate surface area is 182 Å². The van der Waals surface area contributed by atoms with Crippen LogP contribution in [-0.2, 0) is 22.6 Å². The minimum Gasteiger partial charge on any atom is -0.292 e. The standard InChI is InChI=1S/C16H14ClF3N4O3S3/c1-30(26,27)21-5-4-10-2-3-13(29-10)12(25)8-28-15-23-22-14-11(17)6-9(7-24(14)15)16(18,19)20/h2-3,6-7,21H,4-5,8H2,1H3. The molecule has 0 saturated carbocycles. The molecule has 0 radical (unpaired) electrons. The van der Waals surface area contributed by atoms with Gasteiger partial charge in [0, 0.05) is 17.6 Å². The van der Waals surface area contributed by atoms with Gasteiger partial charge in [0.15, 0.2) is 16.6 Å². The van der Waals surface area contributed by atoms with Crippen molar-refractivity contribution in [1.82, 2.24) is 19.3 Å². The van der Waals surface area contributed by atoms with Crippen LogP contribution in [0.2, 0.25) is 5.02 Å². The highest BCUT2D eigenvalue weighted by molar-refractivity contribution is 7.99. The van der Waals surface area contributed by atoms with Crippen LogP contribution in [0.4, 0.5) is 13.2 Å². The highest BCUT2D eigenvalue weighted by atomic mass is 35.5. The van der Waals surface area contributed by atoms with Gasteiger partial charge in [0.25, 0.3) is 0 Å². The predicted molar refractivity (Wildman–Crippen MR) is 109 cm³/mol. The van der Waals surface area contributed by atoms with Crippen molar-refractivity contribution < 1.29 is 26.4 Å². The summed E-state index contributed by atoms with van der Waals surface area (Å²) in [7, 11) is -3.28. The molecule has 1 N–H and O–H groups in total. The summed E-state index contributed by atoms with van der Waals surface area (Å²) in [5.74, 6) is -0.293. The van der Waals surface area contributed by atoms with Crippen LogP contribution in [0.25, 0.3) is 5.65 Å². The molecule has 0 unspecified atom stereocenters. The summed E-state index contributed by atoms with van der Waals surface area (Å²) >= 11 is 8.05. The average Bonchev–Trinajstić information content (AvgIpc) is 3.25. The molecule has 0 aliphatic carbocycles. The number of ketones is 1. The van der Waals surface area contributed by atoms with E-state index in [4.69, 9.17) is 11.6 Å². The van der Waals surface area contributed by atoms with Gasteiger partial charge in [0.2, 0.25) is 10.0 Å². The second-order valence-corrected chi connectivity index (χ2v) is 10.5. The number of Topliss-reactive ketones (excluding diaryl/α,β-unsaturated/α-hetero) is 1. The number of rotatable bonds is 8. The summed E-state index contributed by atoms with van der Waals surface area (Å²) < 4.78 is 64.7. The lowest BCUT2D eigenvalue weighted by molar-refractivity contribution is -0.137. The van der Waals surface area contributed by atoms with Gasteiger partial charge < -0.3 is 0 Å². The molecule has 0 atom stereocenters. The van der Waals surface area contributed by atoms with E-state index >= 15 is 0 Å². The molecular weight excluding hydrogens is 485 g/mol. The number of aromatic nitrogens is 3. The maximum atomic E-state index is 13.0. The third-order valence-corrected chi connectivity index (χ3v) is 6.90. The molecule has 0 spiro atoms. The SMILES string of the molecule is CS(=O)(=O)NCCc1ccc(C(=O)CSc2nnc3c(Cl)cc(C(F)(F)F)cn23)s1. The number of alkyl halides is 3. The first-order valence-corrected chi connectivity index (χ1v) is 12.3. The van der Waals surface area contributed by atoms with Gasteiger partial charge in [-0.05, 0) is 24.6 Å². The molecule has 14 heteroatoms. The van der Waals surface area contributed by atoms with Crippen LogP contribution >= 0.6 is 34.7 Å². The molecule has 0 amide bonds. The normalized spacial score (nSPS) is 12.6. The van der Waals surface area contributed by atoms with E-state index < -0.39 is 21.8 Å². The van der Waals surface area contributed by atoms with Gasteiger partial charge in [-0.15, -0.1) is 21.5 Å². The van der Waals surface area contributed by atoms with Crippen molar-refractivity contribution in [3.8, 4) is 0 Å². The highest BCUT2D eigenvalue weighted by Crippen LogP contribution is 2.33. The maximum absolute atomic E-state index is 13.0. The van der Waals surface area contributed by atoms with Crippen LogP contribution in [0.1, 0.15) is 20.1 Å². The number of sulfonamides is 1. The molecule has 0 aromatic carbocycles. The zero-order valence-corrected chi connectivity index (χ0v) is 18.4. The fourth-order valence-corrected chi connectivity index (χ4v) is 4.96. The zero-order chi connectivity index (χ0) is 22.1. The fourth-order valence-electron chi connectivity index (χ4n) is 2.41. The second-order valence-electron chi connectivity index (χ2n) is 6.14. The number of nitrogens with zero attached hydrogens (tertiary/aromatic N) is 3. The van der Waals surface area contributed by atoms with E-state index in [0.717, 1.165) is 39.6 Å². The maximum Gasteiger partial charge on any atom is 0.417 e. The Morgan fingerprint density at radius 2 is 2.07 bits per heavy atom. The monoisotopic (exact) mass is 498 g/mol. The molecule has 7 nitrogen and oxygen atoms in total. The largest absolute Gasteiger partial charge is 0.417 e. The molecule has 3 heterocycles. The van der Waals surface area contributed by atoms with E-state index in [2.05, 4.69) is 14.9 Å². The first-order valence-electron chi connectivity index (χ1n) is 8.25. The molecule has 0 saturated heterocycles. The van der Waals surface area contributed by atoms with Crippen LogP contribution in [0, 0.1) is 0 Å². The van der Waals surface area contributed by atoms with E-state index in [1.54, 1.807) is 12.1 Å². The number of thioether (sulfide) groups is 1. The Bertz CT molecular complexity index is 1190. The lowest BCUT2D eigenvalue weighted by Crippen LogP contribution is -2.23. The number of nitrogens with one attached hydrogen (secondary N) is 1. The van der Waals surface area contributed by atoms with Gasteiger partial charge >= 0.3 is 6.18 Å². The van der Waals surface area contributed by atoms with Crippen molar-refractivity contribution in [2.75, 3.05) is 18.6 Å². The van der Waals surface area contributed by atoms with Crippen LogP contribution in [-0.4, -0.2) is 47.4 Å². The average molecular weight is 499 g/mol. The quantitative estimate of drug-likeness (QED) is 0.377. The third-order valence-electron chi connectivity index (χ3n) is 3.76. The molecule has 0 bridgehead atoms. The molecule has 30 heavy (non-hydrogen) atoms. The predicted octanol–water partition coefficient (Wildman–Crippen LogP) is 3.53. The summed E-state index contributed by atoms with van der Waals surface area (Å²) in [4.78, 5) is 13.7. The zero-order valence-electron chi connectivity index (χ0n) is 15.2. The summed E-state index contributed by atoms with van der Waals surface area (Å²) in [5, 5.41) is 7.52. The molecule has 0 aliphatic heterocycles. The minimum absolute atomic E-state index is 0.0593. The van der Waals surface area contributed by atoms with Crippen molar-refractivity contribution in [3.63, 3.8) is 0 Å². The van der Waals surface area contributed by atoms with Crippen LogP contribution in [0.5, 0.6) is 0 Å². The van der Waals surface area contributed by atoms with Crippen LogP contribution in [0.15, 0.2) is 29.6 Å². The Morgan fingerprint density at radius 1 is 1.33 bits per heavy atom. The highest BCUT2D eigenvalue weighted by Gasteiger charge is 2.32. The van der Waals surface area contributed by atoms with Gasteiger partial charge in [0.05, 0.1) is 27.5 Å². The number of hydrogen-bond donors (Lipinski definition) is 1. The van der Waals surface area contributed by atoms with E-state index in [1.165, 1.54) is 11.3 Å². The lowest BCUT2D eigenvalue weighted by Gasteiger charge is -2.08. The van der Waals surface area contributed by atoms with Crippen molar-refractivity contribution in [1.29, 1.82) is 0 Å². The third kappa shape index (κ3) is 5.72. The number of thiophene rings is 1. The Morgan fingerprint density at radius 3 is 2.73 bits per heavy atom. The van der Waals surface area contributed by atoms with Crippen molar-refractivity contribution in [3.05, 3.63) is 44.7 Å². The number of carbonyl (C=O) groups excluding carboxylic acids is 1. The topological polar surface area (TPSA) is 93.4 Å². The number of fused-ring (bicyclic) bond motifs is 1. The van der Waals surface area contributed by atoms with Crippen molar-refractivity contribution in [2.24, 2.45) is 0 Å².